The van der Waals surface area contributed by atoms with E-state index < -0.39 is 5.91 Å². The monoisotopic (exact) mass is 393 g/mol. The van der Waals surface area contributed by atoms with Crippen LogP contribution in [0.3, 0.4) is 0 Å². The number of pyridine rings is 1. The minimum absolute atomic E-state index is 0.00304. The fourth-order valence-electron chi connectivity index (χ4n) is 3.63. The second-order valence-corrected chi connectivity index (χ2v) is 7.06. The van der Waals surface area contributed by atoms with E-state index in [1.165, 1.54) is 0 Å². The van der Waals surface area contributed by atoms with Gasteiger partial charge in [0.25, 0.3) is 5.91 Å². The molecular formula is C21H23N5O3. The molecule has 0 radical (unpaired) electrons. The van der Waals surface area contributed by atoms with E-state index in [0.29, 0.717) is 11.4 Å². The molecule has 1 aromatic carbocycles. The van der Waals surface area contributed by atoms with Gasteiger partial charge in [-0.05, 0) is 56.0 Å². The Kier molecular flexibility index (Phi) is 5.41. The van der Waals surface area contributed by atoms with Crippen LogP contribution in [-0.2, 0) is 0 Å². The summed E-state index contributed by atoms with van der Waals surface area (Å²) in [6, 6.07) is 9.34. The maximum atomic E-state index is 11.5. The number of primary amides is 1. The number of hydrogen-bond donors (Lipinski definition) is 2. The molecule has 2 heterocycles. The molecule has 0 unspecified atom stereocenters. The topological polar surface area (TPSA) is 112 Å². The Morgan fingerprint density at radius 1 is 1.14 bits per heavy atom. The van der Waals surface area contributed by atoms with Gasteiger partial charge < -0.3 is 20.5 Å². The summed E-state index contributed by atoms with van der Waals surface area (Å²) in [5, 5.41) is 4.47. The number of amides is 1. The molecule has 1 saturated carbocycles. The summed E-state index contributed by atoms with van der Waals surface area (Å²) < 4.78 is 11.3. The van der Waals surface area contributed by atoms with Gasteiger partial charge in [0, 0.05) is 17.6 Å². The van der Waals surface area contributed by atoms with Gasteiger partial charge in [-0.15, -0.1) is 0 Å². The quantitative estimate of drug-likeness (QED) is 0.662. The highest BCUT2D eigenvalue weighted by Gasteiger charge is 2.25. The summed E-state index contributed by atoms with van der Waals surface area (Å²) in [4.78, 5) is 24.5. The van der Waals surface area contributed by atoms with Gasteiger partial charge in [0.15, 0.2) is 0 Å². The number of benzene rings is 1. The molecule has 1 aliphatic rings. The first-order valence-electron chi connectivity index (χ1n) is 9.61. The minimum Gasteiger partial charge on any atom is -0.497 e. The third-order valence-electron chi connectivity index (χ3n) is 5.17. The van der Waals surface area contributed by atoms with Crippen LogP contribution in [0.1, 0.15) is 36.0 Å². The number of carbonyl (C=O) groups is 1. The molecule has 1 fully saturated rings. The van der Waals surface area contributed by atoms with Crippen LogP contribution >= 0.6 is 0 Å². The number of nitrogens with zero attached hydrogens (tertiary/aromatic N) is 3. The van der Waals surface area contributed by atoms with E-state index in [4.69, 9.17) is 15.2 Å². The fourth-order valence-corrected chi connectivity index (χ4v) is 3.63. The second kappa shape index (κ2) is 8.30. The van der Waals surface area contributed by atoms with Crippen molar-refractivity contribution in [3.8, 4) is 11.6 Å². The van der Waals surface area contributed by atoms with Gasteiger partial charge >= 0.3 is 0 Å². The zero-order valence-electron chi connectivity index (χ0n) is 16.2. The van der Waals surface area contributed by atoms with E-state index in [9.17, 15) is 4.79 Å². The van der Waals surface area contributed by atoms with Crippen molar-refractivity contribution in [2.45, 2.75) is 37.8 Å². The zero-order chi connectivity index (χ0) is 20.2. The van der Waals surface area contributed by atoms with Gasteiger partial charge in [0.1, 0.15) is 29.6 Å². The smallest absolute Gasteiger partial charge is 0.254 e. The average Bonchev–Trinajstić information content (AvgIpc) is 2.75. The number of nitrogens with one attached hydrogen (secondary N) is 1. The molecule has 0 aliphatic heterocycles. The van der Waals surface area contributed by atoms with Gasteiger partial charge in [0.2, 0.25) is 5.88 Å². The molecule has 3 aromatic rings. The molecule has 150 valence electrons. The summed E-state index contributed by atoms with van der Waals surface area (Å²) in [5.74, 6) is 1.35. The number of nitrogens with two attached hydrogens (primary N) is 1. The van der Waals surface area contributed by atoms with E-state index >= 15 is 0 Å². The Hall–Kier alpha value is -3.42. The molecular weight excluding hydrogens is 370 g/mol. The molecule has 29 heavy (non-hydrogen) atoms. The summed E-state index contributed by atoms with van der Waals surface area (Å²) in [5.41, 5.74) is 6.59. The third kappa shape index (κ3) is 4.21. The fraction of sp³-hybridized carbons (Fsp3) is 0.333. The van der Waals surface area contributed by atoms with Crippen LogP contribution in [0.2, 0.25) is 0 Å². The molecule has 8 heteroatoms. The summed E-state index contributed by atoms with van der Waals surface area (Å²) >= 11 is 0. The van der Waals surface area contributed by atoms with Crippen molar-refractivity contribution in [2.75, 3.05) is 12.4 Å². The molecule has 1 aliphatic carbocycles. The lowest BCUT2D eigenvalue weighted by Crippen LogP contribution is -2.32. The molecule has 0 spiro atoms. The molecule has 2 aromatic heterocycles. The number of rotatable bonds is 6. The van der Waals surface area contributed by atoms with Crippen LogP contribution in [-0.4, -0.2) is 40.1 Å². The first kappa shape index (κ1) is 18.9. The molecule has 0 bridgehead atoms. The number of carbonyl (C=O) groups excluding carboxylic acids is 1. The van der Waals surface area contributed by atoms with Crippen LogP contribution in [0.4, 0.5) is 5.82 Å². The van der Waals surface area contributed by atoms with E-state index in [0.717, 1.165) is 48.2 Å². The molecule has 1 amide bonds. The second-order valence-electron chi connectivity index (χ2n) is 7.06. The first-order valence-corrected chi connectivity index (χ1v) is 9.61. The van der Waals surface area contributed by atoms with Crippen LogP contribution < -0.4 is 20.5 Å². The number of methoxy groups -OCH3 is 1. The highest BCUT2D eigenvalue weighted by Crippen LogP contribution is 2.29. The number of ether oxygens (including phenoxy) is 2. The van der Waals surface area contributed by atoms with Crippen molar-refractivity contribution in [1.82, 2.24) is 15.0 Å². The van der Waals surface area contributed by atoms with E-state index in [1.54, 1.807) is 31.8 Å². The van der Waals surface area contributed by atoms with Gasteiger partial charge in [-0.25, -0.2) is 15.0 Å². The first-order chi connectivity index (χ1) is 14.1. The van der Waals surface area contributed by atoms with E-state index in [-0.39, 0.29) is 12.1 Å². The Morgan fingerprint density at radius 3 is 2.72 bits per heavy atom. The highest BCUT2D eigenvalue weighted by molar-refractivity contribution is 5.95. The molecule has 8 nitrogen and oxygen atoms in total. The Balaban J connectivity index is 1.41. The van der Waals surface area contributed by atoms with Crippen molar-refractivity contribution in [3.05, 3.63) is 48.4 Å². The van der Waals surface area contributed by atoms with Crippen LogP contribution in [0.5, 0.6) is 11.6 Å². The van der Waals surface area contributed by atoms with Crippen molar-refractivity contribution < 1.29 is 14.3 Å². The van der Waals surface area contributed by atoms with E-state index in [1.807, 2.05) is 18.2 Å². The van der Waals surface area contributed by atoms with Crippen molar-refractivity contribution in [2.24, 2.45) is 5.73 Å². The SMILES string of the molecule is COc1ccc2ncnc(NC3CCC(Oc4ncccc4C(N)=O)CC3)c2c1. The largest absolute Gasteiger partial charge is 0.497 e. The highest BCUT2D eigenvalue weighted by atomic mass is 16.5. The maximum Gasteiger partial charge on any atom is 0.254 e. The number of hydrogen-bond acceptors (Lipinski definition) is 7. The minimum atomic E-state index is -0.533. The molecule has 0 saturated heterocycles. The van der Waals surface area contributed by atoms with Crippen LogP contribution in [0.25, 0.3) is 10.9 Å². The Bertz CT molecular complexity index is 1020. The number of anilines is 1. The summed E-state index contributed by atoms with van der Waals surface area (Å²) in [6.07, 6.45) is 6.69. The normalized spacial score (nSPS) is 18.9. The lowest BCUT2D eigenvalue weighted by molar-refractivity contribution is 0.0983. The van der Waals surface area contributed by atoms with Crippen LogP contribution in [0.15, 0.2) is 42.9 Å². The Morgan fingerprint density at radius 2 is 1.97 bits per heavy atom. The van der Waals surface area contributed by atoms with Crippen molar-refractivity contribution in [3.63, 3.8) is 0 Å². The average molecular weight is 393 g/mol. The van der Waals surface area contributed by atoms with Gasteiger partial charge in [-0.1, -0.05) is 0 Å². The zero-order valence-corrected chi connectivity index (χ0v) is 16.2. The van der Waals surface area contributed by atoms with Gasteiger partial charge in [-0.2, -0.15) is 0 Å². The Labute approximate surface area is 168 Å². The standard InChI is InChI=1S/C21H23N5O3/c1-28-15-8-9-18-17(11-15)20(25-12-24-18)26-13-4-6-14(7-5-13)29-21-16(19(22)27)3-2-10-23-21/h2-3,8-14H,4-7H2,1H3,(H2,22,27)(H,24,25,26). The lowest BCUT2D eigenvalue weighted by Gasteiger charge is -2.30. The van der Waals surface area contributed by atoms with E-state index in [2.05, 4.69) is 20.3 Å². The van der Waals surface area contributed by atoms with Crippen molar-refractivity contribution >= 4 is 22.6 Å². The number of fused-ring (bicyclic) bond motifs is 1. The molecule has 0 atom stereocenters. The summed E-state index contributed by atoms with van der Waals surface area (Å²) in [6.45, 7) is 0. The maximum absolute atomic E-state index is 11.5. The summed E-state index contributed by atoms with van der Waals surface area (Å²) in [7, 11) is 1.64. The molecule has 3 N–H and O–H groups in total. The predicted molar refractivity (Wildman–Crippen MR) is 109 cm³/mol. The van der Waals surface area contributed by atoms with Gasteiger partial charge in [0.05, 0.1) is 12.6 Å². The number of aromatic nitrogens is 3. The lowest BCUT2D eigenvalue weighted by atomic mass is 9.93. The van der Waals surface area contributed by atoms with Crippen LogP contribution in [0, 0.1) is 0 Å². The van der Waals surface area contributed by atoms with Gasteiger partial charge in [-0.3, -0.25) is 4.79 Å². The third-order valence-corrected chi connectivity index (χ3v) is 5.17. The van der Waals surface area contributed by atoms with Crippen molar-refractivity contribution in [1.29, 1.82) is 0 Å². The predicted octanol–water partition coefficient (Wildman–Crippen LogP) is 2.93. The molecule has 4 rings (SSSR count).